The molecule has 0 rings (SSSR count). The summed E-state index contributed by atoms with van der Waals surface area (Å²) in [6.45, 7) is 3.61. The largest absolute Gasteiger partial charge is 0.453 e. The third-order valence-corrected chi connectivity index (χ3v) is 2.16. The molecule has 5 heteroatoms. The van der Waals surface area contributed by atoms with Gasteiger partial charge >= 0.3 is 12.1 Å². The van der Waals surface area contributed by atoms with Crippen LogP contribution in [-0.4, -0.2) is 12.1 Å². The van der Waals surface area contributed by atoms with E-state index in [1.165, 1.54) is 0 Å². The van der Waals surface area contributed by atoms with Crippen LogP contribution in [0.3, 0.4) is 0 Å². The fraction of sp³-hybridized carbons (Fsp3) is 0.900. The molecule has 0 atom stereocenters. The molecule has 0 aromatic heterocycles. The Morgan fingerprint density at radius 2 is 1.20 bits per heavy atom. The van der Waals surface area contributed by atoms with E-state index in [0.717, 1.165) is 19.3 Å². The summed E-state index contributed by atoms with van der Waals surface area (Å²) >= 11 is 0. The van der Waals surface area contributed by atoms with Gasteiger partial charge in [-0.15, -0.1) is 0 Å². The molecule has 0 aromatic rings. The third-order valence-electron chi connectivity index (χ3n) is 2.16. The minimum Gasteiger partial charge on any atom is -0.196 e. The Morgan fingerprint density at radius 1 is 0.733 bits per heavy atom. The van der Waals surface area contributed by atoms with Gasteiger partial charge in [0.15, 0.2) is 0 Å². The summed E-state index contributed by atoms with van der Waals surface area (Å²) in [5.41, 5.74) is 0. The van der Waals surface area contributed by atoms with Crippen molar-refractivity contribution in [2.24, 2.45) is 0 Å². The summed E-state index contributed by atoms with van der Waals surface area (Å²) in [5, 5.41) is 0. The predicted octanol–water partition coefficient (Wildman–Crippen LogP) is 4.75. The summed E-state index contributed by atoms with van der Waals surface area (Å²) in [5.74, 6) is -4.53. The highest BCUT2D eigenvalue weighted by Gasteiger charge is 2.56. The molecular formula is C10H16F5. The van der Waals surface area contributed by atoms with Crippen LogP contribution in [0, 0.1) is 6.92 Å². The van der Waals surface area contributed by atoms with Gasteiger partial charge in [0.25, 0.3) is 0 Å². The lowest BCUT2D eigenvalue weighted by Crippen LogP contribution is -2.36. The first-order valence-corrected chi connectivity index (χ1v) is 5.05. The Labute approximate surface area is 86.9 Å². The van der Waals surface area contributed by atoms with E-state index in [1.807, 2.05) is 0 Å². The van der Waals surface area contributed by atoms with Crippen LogP contribution in [0.2, 0.25) is 0 Å². The average Bonchev–Trinajstić information content (AvgIpc) is 2.09. The molecule has 91 valence electrons. The van der Waals surface area contributed by atoms with Gasteiger partial charge in [0.1, 0.15) is 0 Å². The molecule has 0 spiro atoms. The molecule has 0 heterocycles. The van der Waals surface area contributed by atoms with E-state index in [2.05, 4.69) is 6.92 Å². The zero-order valence-electron chi connectivity index (χ0n) is 8.55. The van der Waals surface area contributed by atoms with Gasteiger partial charge in [0, 0.05) is 6.42 Å². The van der Waals surface area contributed by atoms with Crippen molar-refractivity contribution in [3.05, 3.63) is 6.92 Å². The number of halogens is 5. The quantitative estimate of drug-likeness (QED) is 0.438. The lowest BCUT2D eigenvalue weighted by molar-refractivity contribution is -0.284. The maximum atomic E-state index is 12.4. The molecule has 0 unspecified atom stereocenters. The Balaban J connectivity index is 3.58. The van der Waals surface area contributed by atoms with Crippen LogP contribution in [0.4, 0.5) is 22.0 Å². The summed E-state index contributed by atoms with van der Waals surface area (Å²) < 4.78 is 59.9. The SMILES string of the molecule is [CH2]CCCCCCCC(F)(F)C(F)(F)F. The highest BCUT2D eigenvalue weighted by molar-refractivity contribution is 4.75. The van der Waals surface area contributed by atoms with Gasteiger partial charge in [-0.1, -0.05) is 39.0 Å². The smallest absolute Gasteiger partial charge is 0.196 e. The molecule has 15 heavy (non-hydrogen) atoms. The van der Waals surface area contributed by atoms with E-state index < -0.39 is 18.5 Å². The lowest BCUT2D eigenvalue weighted by atomic mass is 10.1. The van der Waals surface area contributed by atoms with Gasteiger partial charge in [0.2, 0.25) is 0 Å². The van der Waals surface area contributed by atoms with E-state index in [4.69, 9.17) is 0 Å². The fourth-order valence-corrected chi connectivity index (χ4v) is 1.20. The van der Waals surface area contributed by atoms with Crippen molar-refractivity contribution < 1.29 is 22.0 Å². The number of hydrogen-bond acceptors (Lipinski definition) is 0. The number of hydrogen-bond donors (Lipinski definition) is 0. The second kappa shape index (κ2) is 6.28. The second-order valence-electron chi connectivity index (χ2n) is 3.57. The molecule has 0 amide bonds. The van der Waals surface area contributed by atoms with Crippen LogP contribution in [0.1, 0.15) is 44.9 Å². The first-order valence-electron chi connectivity index (χ1n) is 5.05. The fourth-order valence-electron chi connectivity index (χ4n) is 1.20. The van der Waals surface area contributed by atoms with Crippen LogP contribution < -0.4 is 0 Å². The van der Waals surface area contributed by atoms with Crippen molar-refractivity contribution >= 4 is 0 Å². The van der Waals surface area contributed by atoms with Crippen molar-refractivity contribution in [3.8, 4) is 0 Å². The minimum atomic E-state index is -5.40. The third kappa shape index (κ3) is 5.95. The molecule has 0 aliphatic heterocycles. The maximum Gasteiger partial charge on any atom is 0.453 e. The van der Waals surface area contributed by atoms with E-state index in [1.54, 1.807) is 0 Å². The van der Waals surface area contributed by atoms with Crippen LogP contribution in [-0.2, 0) is 0 Å². The molecule has 0 nitrogen and oxygen atoms in total. The summed E-state index contributed by atoms with van der Waals surface area (Å²) in [7, 11) is 0. The molecule has 1 radical (unpaired) electrons. The zero-order valence-corrected chi connectivity index (χ0v) is 8.55. The Morgan fingerprint density at radius 3 is 1.67 bits per heavy atom. The van der Waals surface area contributed by atoms with Crippen molar-refractivity contribution in [1.82, 2.24) is 0 Å². The van der Waals surface area contributed by atoms with Crippen LogP contribution in [0.25, 0.3) is 0 Å². The van der Waals surface area contributed by atoms with E-state index in [-0.39, 0.29) is 6.42 Å². The molecule has 0 N–H and O–H groups in total. The normalized spacial score (nSPS) is 13.2. The number of alkyl halides is 5. The van der Waals surface area contributed by atoms with Gasteiger partial charge in [-0.25, -0.2) is 0 Å². The number of rotatable bonds is 7. The highest BCUT2D eigenvalue weighted by atomic mass is 19.4. The van der Waals surface area contributed by atoms with Crippen LogP contribution >= 0.6 is 0 Å². The Kier molecular flexibility index (Phi) is 6.13. The molecule has 0 fully saturated rings. The molecule has 0 bridgehead atoms. The van der Waals surface area contributed by atoms with Crippen molar-refractivity contribution in [1.29, 1.82) is 0 Å². The molecule has 0 saturated carbocycles. The summed E-state index contributed by atoms with van der Waals surface area (Å²) in [4.78, 5) is 0. The van der Waals surface area contributed by atoms with Crippen LogP contribution in [0.15, 0.2) is 0 Å². The number of unbranched alkanes of at least 4 members (excludes halogenated alkanes) is 5. The summed E-state index contributed by atoms with van der Waals surface area (Å²) in [6, 6.07) is 0. The maximum absolute atomic E-state index is 12.4. The lowest BCUT2D eigenvalue weighted by Gasteiger charge is -2.19. The first kappa shape index (κ1) is 14.6. The monoisotopic (exact) mass is 231 g/mol. The molecule has 0 aliphatic rings. The van der Waals surface area contributed by atoms with Crippen molar-refractivity contribution in [3.63, 3.8) is 0 Å². The van der Waals surface area contributed by atoms with E-state index in [9.17, 15) is 22.0 Å². The Bertz CT molecular complexity index is 162. The summed E-state index contributed by atoms with van der Waals surface area (Å²) in [6.07, 6.45) is -2.94. The highest BCUT2D eigenvalue weighted by Crippen LogP contribution is 2.39. The van der Waals surface area contributed by atoms with Crippen LogP contribution in [0.5, 0.6) is 0 Å². The van der Waals surface area contributed by atoms with Gasteiger partial charge in [-0.3, -0.25) is 0 Å². The molecular weight excluding hydrogens is 215 g/mol. The van der Waals surface area contributed by atoms with E-state index >= 15 is 0 Å². The average molecular weight is 231 g/mol. The molecule has 0 saturated heterocycles. The van der Waals surface area contributed by atoms with Gasteiger partial charge in [-0.2, -0.15) is 22.0 Å². The first-order chi connectivity index (χ1) is 6.81. The molecule has 0 aromatic carbocycles. The second-order valence-corrected chi connectivity index (χ2v) is 3.57. The van der Waals surface area contributed by atoms with E-state index in [0.29, 0.717) is 12.8 Å². The van der Waals surface area contributed by atoms with Gasteiger partial charge in [0.05, 0.1) is 0 Å². The Hall–Kier alpha value is -0.350. The molecule has 0 aliphatic carbocycles. The minimum absolute atomic E-state index is 0.0797. The van der Waals surface area contributed by atoms with Gasteiger partial charge < -0.3 is 0 Å². The van der Waals surface area contributed by atoms with Crippen molar-refractivity contribution in [2.75, 3.05) is 0 Å². The van der Waals surface area contributed by atoms with Gasteiger partial charge in [-0.05, 0) is 6.42 Å². The zero-order chi connectivity index (χ0) is 11.9. The standard InChI is InChI=1S/C10H16F5/c1-2-3-4-5-6-7-8-9(11,12)10(13,14)15/h1-8H2. The predicted molar refractivity (Wildman–Crippen MR) is 48.7 cm³/mol. The topological polar surface area (TPSA) is 0 Å². The van der Waals surface area contributed by atoms with Crippen molar-refractivity contribution in [2.45, 2.75) is 57.0 Å².